The number of likely N-dealkylation sites (N-methyl/N-ethyl adjacent to an activating group) is 1. The molecule has 0 fully saturated rings. The summed E-state index contributed by atoms with van der Waals surface area (Å²) in [6.07, 6.45) is -3.55. The van der Waals surface area contributed by atoms with Gasteiger partial charge in [0.25, 0.3) is 0 Å². The topological polar surface area (TPSA) is 36.4 Å². The van der Waals surface area contributed by atoms with Crippen LogP contribution in [0.15, 0.2) is 6.20 Å². The van der Waals surface area contributed by atoms with Gasteiger partial charge in [-0.15, -0.1) is 0 Å². The van der Waals surface area contributed by atoms with Crippen molar-refractivity contribution in [1.82, 2.24) is 4.98 Å². The molecule has 92 valence electrons. The molecule has 0 unspecified atom stereocenters. The van der Waals surface area contributed by atoms with Gasteiger partial charge in [0.05, 0.1) is 11.8 Å². The minimum atomic E-state index is -4.36. The molecule has 0 radical (unpaired) electrons. The molecule has 16 heavy (non-hydrogen) atoms. The fraction of sp³-hybridized carbons (Fsp3) is 0.667. The average molecular weight is 254 g/mol. The lowest BCUT2D eigenvalue weighted by Gasteiger charge is -2.24. The molecule has 1 aromatic rings. The number of hydrogen-bond acceptors (Lipinski definition) is 4. The molecule has 0 aliphatic rings. The number of anilines is 1. The zero-order valence-electron chi connectivity index (χ0n) is 9.17. The molecule has 7 heteroatoms. The molecule has 0 bridgehead atoms. The molecule has 0 saturated heterocycles. The maximum Gasteiger partial charge on any atom is 0.427 e. The molecule has 0 aliphatic heterocycles. The highest BCUT2D eigenvalue weighted by Crippen LogP contribution is 2.36. The van der Waals surface area contributed by atoms with Crippen LogP contribution in [0, 0.1) is 0 Å². The molecule has 0 saturated carbocycles. The molecule has 0 aliphatic carbocycles. The largest absolute Gasteiger partial charge is 0.427 e. The third-order valence-corrected chi connectivity index (χ3v) is 2.88. The normalized spacial score (nSPS) is 12.9. The fourth-order valence-electron chi connectivity index (χ4n) is 1.22. The van der Waals surface area contributed by atoms with Crippen molar-refractivity contribution in [3.63, 3.8) is 0 Å². The number of aliphatic hydroxyl groups is 1. The van der Waals surface area contributed by atoms with Gasteiger partial charge in [-0.05, 0) is 13.8 Å². The maximum atomic E-state index is 12.3. The van der Waals surface area contributed by atoms with Gasteiger partial charge in [0.2, 0.25) is 0 Å². The Hall–Kier alpha value is -0.820. The van der Waals surface area contributed by atoms with Gasteiger partial charge in [0.1, 0.15) is 4.88 Å². The third-order valence-electron chi connectivity index (χ3n) is 1.72. The highest BCUT2D eigenvalue weighted by molar-refractivity contribution is 7.15. The van der Waals surface area contributed by atoms with E-state index in [2.05, 4.69) is 4.98 Å². The predicted octanol–water partition coefficient (Wildman–Crippen LogP) is 2.37. The quantitative estimate of drug-likeness (QED) is 0.899. The third kappa shape index (κ3) is 3.64. The summed E-state index contributed by atoms with van der Waals surface area (Å²) in [5.74, 6) is 0. The Morgan fingerprint density at radius 2 is 2.00 bits per heavy atom. The Morgan fingerprint density at radius 1 is 1.44 bits per heavy atom. The summed E-state index contributed by atoms with van der Waals surface area (Å²) in [4.78, 5) is 4.45. The highest BCUT2D eigenvalue weighted by atomic mass is 32.1. The van der Waals surface area contributed by atoms with Crippen LogP contribution in [0.1, 0.15) is 18.7 Å². The van der Waals surface area contributed by atoms with Crippen LogP contribution in [0.5, 0.6) is 0 Å². The highest BCUT2D eigenvalue weighted by Gasteiger charge is 2.34. The SMILES string of the molecule is CN(CC(C)(C)O)c1ncc(C(F)(F)F)s1. The van der Waals surface area contributed by atoms with E-state index < -0.39 is 16.7 Å². The van der Waals surface area contributed by atoms with Crippen molar-refractivity contribution in [2.24, 2.45) is 0 Å². The Balaban J connectivity index is 2.79. The second kappa shape index (κ2) is 4.21. The molecule has 0 spiro atoms. The standard InChI is InChI=1S/C9H13F3N2OS/c1-8(2,15)5-14(3)7-13-4-6(16-7)9(10,11)12/h4,15H,5H2,1-3H3. The summed E-state index contributed by atoms with van der Waals surface area (Å²) in [7, 11) is 1.59. The second-order valence-corrected chi connectivity index (χ2v) is 5.18. The van der Waals surface area contributed by atoms with Gasteiger partial charge in [0, 0.05) is 13.6 Å². The van der Waals surface area contributed by atoms with Gasteiger partial charge < -0.3 is 10.0 Å². The summed E-state index contributed by atoms with van der Waals surface area (Å²) >= 11 is 0.567. The molecule has 3 nitrogen and oxygen atoms in total. The monoisotopic (exact) mass is 254 g/mol. The van der Waals surface area contributed by atoms with Gasteiger partial charge in [0.15, 0.2) is 5.13 Å². The van der Waals surface area contributed by atoms with Crippen molar-refractivity contribution < 1.29 is 18.3 Å². The van der Waals surface area contributed by atoms with Crippen molar-refractivity contribution in [2.75, 3.05) is 18.5 Å². The Morgan fingerprint density at radius 3 is 2.38 bits per heavy atom. The van der Waals surface area contributed by atoms with Gasteiger partial charge >= 0.3 is 6.18 Å². The maximum absolute atomic E-state index is 12.3. The van der Waals surface area contributed by atoms with Crippen LogP contribution in [0.4, 0.5) is 18.3 Å². The first-order valence-electron chi connectivity index (χ1n) is 4.56. The lowest BCUT2D eigenvalue weighted by Crippen LogP contribution is -2.36. The number of aromatic nitrogens is 1. The van der Waals surface area contributed by atoms with Crippen LogP contribution in [0.2, 0.25) is 0 Å². The zero-order valence-corrected chi connectivity index (χ0v) is 9.98. The summed E-state index contributed by atoms with van der Waals surface area (Å²) in [6.45, 7) is 3.39. The molecule has 0 amide bonds. The summed E-state index contributed by atoms with van der Waals surface area (Å²) < 4.78 is 36.9. The molecular weight excluding hydrogens is 241 g/mol. The molecule has 0 aromatic carbocycles. The van der Waals surface area contributed by atoms with Crippen LogP contribution in [0.3, 0.4) is 0 Å². The molecule has 1 N–H and O–H groups in total. The van der Waals surface area contributed by atoms with E-state index in [4.69, 9.17) is 0 Å². The van der Waals surface area contributed by atoms with Crippen LogP contribution in [-0.4, -0.2) is 29.3 Å². The number of rotatable bonds is 3. The number of hydrogen-bond donors (Lipinski definition) is 1. The summed E-state index contributed by atoms with van der Waals surface area (Å²) in [5.41, 5.74) is -0.973. The summed E-state index contributed by atoms with van der Waals surface area (Å²) in [5, 5.41) is 9.77. The van der Waals surface area contributed by atoms with Crippen molar-refractivity contribution >= 4 is 16.5 Å². The van der Waals surface area contributed by atoms with E-state index in [1.807, 2.05) is 0 Å². The predicted molar refractivity (Wildman–Crippen MR) is 56.7 cm³/mol. The van der Waals surface area contributed by atoms with E-state index in [0.717, 1.165) is 6.20 Å². The smallest absolute Gasteiger partial charge is 0.389 e. The van der Waals surface area contributed by atoms with Crippen LogP contribution in [-0.2, 0) is 6.18 Å². The van der Waals surface area contributed by atoms with Crippen LogP contribution >= 0.6 is 11.3 Å². The minimum absolute atomic E-state index is 0.220. The lowest BCUT2D eigenvalue weighted by molar-refractivity contribution is -0.134. The Bertz CT molecular complexity index is 356. The number of thiazole rings is 1. The molecule has 0 atom stereocenters. The first kappa shape index (κ1) is 13.2. The first-order chi connectivity index (χ1) is 7.09. The average Bonchev–Trinajstić information content (AvgIpc) is 2.46. The number of nitrogens with zero attached hydrogens (tertiary/aromatic N) is 2. The Kier molecular flexibility index (Phi) is 3.49. The van der Waals surface area contributed by atoms with Crippen LogP contribution in [0.25, 0.3) is 0 Å². The molecule has 1 rings (SSSR count). The van der Waals surface area contributed by atoms with E-state index in [-0.39, 0.29) is 11.7 Å². The van der Waals surface area contributed by atoms with Gasteiger partial charge in [-0.2, -0.15) is 13.2 Å². The molecule has 1 heterocycles. The number of halogens is 3. The van der Waals surface area contributed by atoms with E-state index in [0.29, 0.717) is 11.3 Å². The minimum Gasteiger partial charge on any atom is -0.389 e. The van der Waals surface area contributed by atoms with Crippen molar-refractivity contribution in [1.29, 1.82) is 0 Å². The first-order valence-corrected chi connectivity index (χ1v) is 5.38. The van der Waals surface area contributed by atoms with Crippen LogP contribution < -0.4 is 4.90 Å². The number of alkyl halides is 3. The van der Waals surface area contributed by atoms with E-state index in [1.54, 1.807) is 20.9 Å². The fourth-order valence-corrected chi connectivity index (χ4v) is 1.96. The van der Waals surface area contributed by atoms with Gasteiger partial charge in [-0.1, -0.05) is 11.3 Å². The van der Waals surface area contributed by atoms with E-state index in [9.17, 15) is 18.3 Å². The Labute approximate surface area is 95.5 Å². The summed E-state index contributed by atoms with van der Waals surface area (Å²) in [6, 6.07) is 0. The zero-order chi connectivity index (χ0) is 12.6. The lowest BCUT2D eigenvalue weighted by atomic mass is 10.1. The van der Waals surface area contributed by atoms with Crippen molar-refractivity contribution in [2.45, 2.75) is 25.6 Å². The van der Waals surface area contributed by atoms with Crippen molar-refractivity contribution in [3.8, 4) is 0 Å². The van der Waals surface area contributed by atoms with E-state index in [1.165, 1.54) is 4.90 Å². The molecule has 1 aromatic heterocycles. The van der Waals surface area contributed by atoms with Gasteiger partial charge in [-0.3, -0.25) is 0 Å². The van der Waals surface area contributed by atoms with Crippen molar-refractivity contribution in [3.05, 3.63) is 11.1 Å². The second-order valence-electron chi connectivity index (χ2n) is 4.17. The van der Waals surface area contributed by atoms with E-state index >= 15 is 0 Å². The molecular formula is C9H13F3N2OS. The van der Waals surface area contributed by atoms with Gasteiger partial charge in [-0.25, -0.2) is 4.98 Å².